The van der Waals surface area contributed by atoms with Gasteiger partial charge in [-0.2, -0.15) is 0 Å². The second-order valence-electron chi connectivity index (χ2n) is 27.2. The molecular formula is C72H132N2O21. The number of hydrogen-bond acceptors (Lipinski definition) is 20. The highest BCUT2D eigenvalue weighted by Gasteiger charge is 2.60. The molecule has 0 saturated carbocycles. The summed E-state index contributed by atoms with van der Waals surface area (Å²) in [5.41, 5.74) is 0. The molecule has 2 amide bonds. The van der Waals surface area contributed by atoms with E-state index in [9.17, 15) is 75.7 Å². The van der Waals surface area contributed by atoms with Gasteiger partial charge in [-0.25, -0.2) is 4.79 Å². The van der Waals surface area contributed by atoms with E-state index in [0.29, 0.717) is 19.3 Å². The highest BCUT2D eigenvalue weighted by molar-refractivity contribution is 5.77. The summed E-state index contributed by atoms with van der Waals surface area (Å²) in [6, 6.07) is -2.53. The molecule has 0 radical (unpaired) electrons. The third-order valence-corrected chi connectivity index (χ3v) is 18.9. The van der Waals surface area contributed by atoms with Gasteiger partial charge in [-0.15, -0.1) is 0 Å². The first-order valence-electron chi connectivity index (χ1n) is 37.2. The van der Waals surface area contributed by atoms with Gasteiger partial charge in [0, 0.05) is 19.8 Å². The number of aliphatic hydroxyl groups excluding tert-OH is 11. The molecule has 0 aliphatic carbocycles. The number of aliphatic carboxylic acids is 1. The zero-order valence-corrected chi connectivity index (χ0v) is 58.3. The van der Waals surface area contributed by atoms with Crippen molar-refractivity contribution < 1.29 is 104 Å². The van der Waals surface area contributed by atoms with Crippen molar-refractivity contribution in [3.63, 3.8) is 0 Å². The first-order chi connectivity index (χ1) is 45.9. The molecular weight excluding hydrogens is 1230 g/mol. The van der Waals surface area contributed by atoms with E-state index < -0.39 is 148 Å². The van der Waals surface area contributed by atoms with Crippen LogP contribution >= 0.6 is 0 Å². The normalized spacial score (nSPS) is 27.8. The Balaban J connectivity index is 1.55. The average molecular weight is 1360 g/mol. The lowest BCUT2D eigenvalue weighted by molar-refractivity contribution is -0.386. The number of amides is 2. The Kier molecular flexibility index (Phi) is 47.5. The van der Waals surface area contributed by atoms with Crippen LogP contribution in [-0.4, -0.2) is 215 Å². The van der Waals surface area contributed by atoms with Gasteiger partial charge < -0.3 is 100 Å². The van der Waals surface area contributed by atoms with Crippen LogP contribution in [-0.2, 0) is 42.8 Å². The molecule has 556 valence electrons. The van der Waals surface area contributed by atoms with Crippen LogP contribution in [0.15, 0.2) is 24.3 Å². The molecule has 0 aromatic carbocycles. The molecule has 14 N–H and O–H groups in total. The van der Waals surface area contributed by atoms with Gasteiger partial charge in [0.05, 0.1) is 50.7 Å². The fourth-order valence-electron chi connectivity index (χ4n) is 13.0. The molecule has 18 atom stereocenters. The zero-order valence-electron chi connectivity index (χ0n) is 58.3. The molecule has 23 nitrogen and oxygen atoms in total. The molecule has 95 heavy (non-hydrogen) atoms. The molecule has 18 unspecified atom stereocenters. The zero-order chi connectivity index (χ0) is 69.6. The Labute approximate surface area is 568 Å². The van der Waals surface area contributed by atoms with Crippen LogP contribution in [0.25, 0.3) is 0 Å². The second-order valence-corrected chi connectivity index (χ2v) is 27.2. The van der Waals surface area contributed by atoms with E-state index in [4.69, 9.17) is 28.4 Å². The van der Waals surface area contributed by atoms with E-state index in [2.05, 4.69) is 48.8 Å². The van der Waals surface area contributed by atoms with Crippen molar-refractivity contribution in [2.45, 2.75) is 387 Å². The summed E-state index contributed by atoms with van der Waals surface area (Å²) in [4.78, 5) is 38.6. The Hall–Kier alpha value is -2.79. The van der Waals surface area contributed by atoms with Gasteiger partial charge in [0.15, 0.2) is 12.6 Å². The van der Waals surface area contributed by atoms with Crippen LogP contribution in [0.2, 0.25) is 0 Å². The Morgan fingerprint density at radius 3 is 1.47 bits per heavy atom. The summed E-state index contributed by atoms with van der Waals surface area (Å²) in [5.74, 6) is -6.10. The number of nitrogens with one attached hydrogen (secondary N) is 2. The van der Waals surface area contributed by atoms with Crippen molar-refractivity contribution in [2.75, 3.05) is 26.4 Å². The summed E-state index contributed by atoms with van der Waals surface area (Å²) < 4.78 is 34.9. The Bertz CT molecular complexity index is 2010. The number of carbonyl (C=O) groups excluding carboxylic acids is 2. The van der Waals surface area contributed by atoms with E-state index >= 15 is 0 Å². The number of ether oxygens (including phenoxy) is 6. The number of unbranched alkanes of at least 4 members (excludes halogenated alkanes) is 33. The van der Waals surface area contributed by atoms with Crippen molar-refractivity contribution in [1.29, 1.82) is 0 Å². The van der Waals surface area contributed by atoms with Crippen LogP contribution in [0.1, 0.15) is 278 Å². The largest absolute Gasteiger partial charge is 0.477 e. The molecule has 0 aromatic rings. The van der Waals surface area contributed by atoms with Gasteiger partial charge in [0.2, 0.25) is 11.8 Å². The highest BCUT2D eigenvalue weighted by atomic mass is 16.8. The van der Waals surface area contributed by atoms with Gasteiger partial charge in [0.25, 0.3) is 5.79 Å². The minimum absolute atomic E-state index is 0.219. The summed E-state index contributed by atoms with van der Waals surface area (Å²) >= 11 is 0. The van der Waals surface area contributed by atoms with Crippen molar-refractivity contribution in [3.8, 4) is 0 Å². The van der Waals surface area contributed by atoms with E-state index in [1.807, 2.05) is 0 Å². The molecule has 3 fully saturated rings. The van der Waals surface area contributed by atoms with Gasteiger partial charge in [0.1, 0.15) is 67.1 Å². The monoisotopic (exact) mass is 1360 g/mol. The minimum atomic E-state index is -3.08. The van der Waals surface area contributed by atoms with Crippen LogP contribution in [0, 0.1) is 0 Å². The number of carboxylic acids is 1. The number of aliphatic hydroxyl groups is 11. The van der Waals surface area contributed by atoms with E-state index in [-0.39, 0.29) is 18.9 Å². The third kappa shape index (κ3) is 34.0. The standard InChI is InChI=1S/C72H132N2O21/c1-4-6-8-10-12-14-16-18-20-22-23-24-25-26-27-28-29-30-32-34-36-38-40-42-44-46-59(82)74-53(54(79)45-43-41-39-37-35-33-31-21-19-17-15-13-11-9-7-5-2)51-90-69-64(86)63(85)66(58(50-77)92-69)93-70-65(87)68(62(84)57(49-76)91-70)95-72(71(88)89)47-55(80)60(73-52(3)78)67(94-72)61(83)56(81)48-75/h23-24,26-27,53-58,60-70,75-77,79-81,83-87H,4-22,25,28-51H2,1-3H3,(H,73,78)(H,74,82)(H,88,89)/b24-23-,27-26-. The van der Waals surface area contributed by atoms with Crippen molar-refractivity contribution in [2.24, 2.45) is 0 Å². The first-order valence-corrected chi connectivity index (χ1v) is 37.2. The van der Waals surface area contributed by atoms with Crippen molar-refractivity contribution in [1.82, 2.24) is 10.6 Å². The van der Waals surface area contributed by atoms with Crippen LogP contribution < -0.4 is 10.6 Å². The van der Waals surface area contributed by atoms with Gasteiger partial charge in [-0.3, -0.25) is 9.59 Å². The first kappa shape index (κ1) is 86.4. The summed E-state index contributed by atoms with van der Waals surface area (Å²) in [6.45, 7) is 2.22. The van der Waals surface area contributed by atoms with Crippen LogP contribution in [0.4, 0.5) is 0 Å². The summed E-state index contributed by atoms with van der Waals surface area (Å²) in [5, 5.41) is 136. The predicted molar refractivity (Wildman–Crippen MR) is 361 cm³/mol. The SMILES string of the molecule is CCCCCCCCCCC/C=C\C/C=C\CCCCCCCCCCCC(=O)NC(COC1OC(CO)C(OC2OC(CO)C(O)C(OC3(C(=O)O)CC(O)C(NC(C)=O)C(C(O)C(O)CO)O3)C2O)C(O)C1O)C(O)CCCCCCCCCCCCCCCCCC. The number of carbonyl (C=O) groups is 3. The quantitative estimate of drug-likeness (QED) is 0.0202. The Morgan fingerprint density at radius 1 is 0.547 bits per heavy atom. The van der Waals surface area contributed by atoms with Gasteiger partial charge in [-0.1, -0.05) is 237 Å². The fourth-order valence-corrected chi connectivity index (χ4v) is 13.0. The molecule has 3 aliphatic heterocycles. The van der Waals surface area contributed by atoms with E-state index in [1.165, 1.54) is 161 Å². The minimum Gasteiger partial charge on any atom is -0.477 e. The van der Waals surface area contributed by atoms with Crippen molar-refractivity contribution >= 4 is 17.8 Å². The summed E-state index contributed by atoms with van der Waals surface area (Å²) in [6.07, 6.45) is 24.6. The lowest BCUT2D eigenvalue weighted by Crippen LogP contribution is -2.70. The van der Waals surface area contributed by atoms with Crippen molar-refractivity contribution in [3.05, 3.63) is 24.3 Å². The topological polar surface area (TPSA) is 373 Å². The smallest absolute Gasteiger partial charge is 0.364 e. The molecule has 0 bridgehead atoms. The fraction of sp³-hybridized carbons (Fsp3) is 0.903. The van der Waals surface area contributed by atoms with E-state index in [0.717, 1.165) is 71.1 Å². The van der Waals surface area contributed by atoms with Gasteiger partial charge in [-0.05, 0) is 44.9 Å². The van der Waals surface area contributed by atoms with Crippen LogP contribution in [0.3, 0.4) is 0 Å². The highest BCUT2D eigenvalue weighted by Crippen LogP contribution is 2.39. The average Bonchev–Trinajstić information content (AvgIpc) is 0.758. The molecule has 0 spiro atoms. The summed E-state index contributed by atoms with van der Waals surface area (Å²) in [7, 11) is 0. The lowest BCUT2D eigenvalue weighted by atomic mass is 9.88. The maximum atomic E-state index is 13.5. The molecule has 0 aromatic heterocycles. The second kappa shape index (κ2) is 52.2. The number of allylic oxidation sites excluding steroid dienone is 4. The molecule has 3 heterocycles. The predicted octanol–water partition coefficient (Wildman–Crippen LogP) is 8.01. The maximum absolute atomic E-state index is 13.5. The third-order valence-electron chi connectivity index (χ3n) is 18.9. The molecule has 3 aliphatic rings. The van der Waals surface area contributed by atoms with E-state index in [1.54, 1.807) is 0 Å². The molecule has 3 saturated heterocycles. The number of carboxylic acid groups (broad SMARTS) is 1. The Morgan fingerprint density at radius 2 is 1.01 bits per heavy atom. The lowest BCUT2D eigenvalue weighted by Gasteiger charge is -2.50. The molecule has 3 rings (SSSR count). The molecule has 23 heteroatoms. The maximum Gasteiger partial charge on any atom is 0.364 e. The van der Waals surface area contributed by atoms with Gasteiger partial charge >= 0.3 is 5.97 Å². The number of rotatable bonds is 57. The van der Waals surface area contributed by atoms with Crippen LogP contribution in [0.5, 0.6) is 0 Å². The number of hydrogen-bond donors (Lipinski definition) is 14.